The standard InChI is InChI=1S/C20H33N5O2/c1-2-21-20(23-16-19(26)25-12-6-7-13-25)22-15-17(18-9-8-14-27-18)24-10-4-3-5-11-24/h8-9,14,17H,2-7,10-13,15-16H2,1H3,(H2,21,22,23). The minimum Gasteiger partial charge on any atom is -0.468 e. The topological polar surface area (TPSA) is 73.1 Å². The first-order chi connectivity index (χ1) is 13.3. The van der Waals surface area contributed by atoms with Crippen LogP contribution >= 0.6 is 0 Å². The number of rotatable bonds is 7. The summed E-state index contributed by atoms with van der Waals surface area (Å²) < 4.78 is 5.70. The lowest BCUT2D eigenvalue weighted by atomic mass is 10.1. The molecule has 2 saturated heterocycles. The van der Waals surface area contributed by atoms with Gasteiger partial charge >= 0.3 is 0 Å². The summed E-state index contributed by atoms with van der Waals surface area (Å²) >= 11 is 0. The Morgan fingerprint density at radius 1 is 1.15 bits per heavy atom. The van der Waals surface area contributed by atoms with Crippen LogP contribution in [0.1, 0.15) is 50.8 Å². The van der Waals surface area contributed by atoms with Gasteiger partial charge in [-0.3, -0.25) is 9.69 Å². The van der Waals surface area contributed by atoms with Gasteiger partial charge in [0.25, 0.3) is 0 Å². The Balaban J connectivity index is 1.59. The van der Waals surface area contributed by atoms with Crippen LogP contribution in [0.4, 0.5) is 0 Å². The van der Waals surface area contributed by atoms with Gasteiger partial charge in [0.1, 0.15) is 12.3 Å². The minimum atomic E-state index is 0.114. The number of hydrogen-bond acceptors (Lipinski definition) is 4. The van der Waals surface area contributed by atoms with Crippen molar-refractivity contribution < 1.29 is 9.21 Å². The van der Waals surface area contributed by atoms with Crippen molar-refractivity contribution in [1.29, 1.82) is 0 Å². The number of carbonyl (C=O) groups excluding carboxylic acids is 1. The van der Waals surface area contributed by atoms with E-state index in [9.17, 15) is 4.79 Å². The van der Waals surface area contributed by atoms with Crippen molar-refractivity contribution in [2.75, 3.05) is 45.8 Å². The SMILES string of the molecule is CCNC(=NCC(=O)N1CCCC1)NCC(c1ccco1)N1CCCCC1. The molecule has 27 heavy (non-hydrogen) atoms. The van der Waals surface area contributed by atoms with Crippen LogP contribution in [0.2, 0.25) is 0 Å². The van der Waals surface area contributed by atoms with Crippen molar-refractivity contribution in [3.05, 3.63) is 24.2 Å². The highest BCUT2D eigenvalue weighted by Crippen LogP contribution is 2.24. The number of aliphatic imine (C=N–C) groups is 1. The molecule has 1 aromatic heterocycles. The van der Waals surface area contributed by atoms with E-state index in [1.807, 2.05) is 24.0 Å². The second-order valence-electron chi connectivity index (χ2n) is 7.29. The van der Waals surface area contributed by atoms with Crippen LogP contribution in [0, 0.1) is 0 Å². The molecule has 1 amide bonds. The van der Waals surface area contributed by atoms with Crippen molar-refractivity contribution in [2.24, 2.45) is 4.99 Å². The number of furan rings is 1. The van der Waals surface area contributed by atoms with Gasteiger partial charge < -0.3 is 20.0 Å². The molecule has 0 aliphatic carbocycles. The zero-order valence-corrected chi connectivity index (χ0v) is 16.5. The highest BCUT2D eigenvalue weighted by atomic mass is 16.3. The lowest BCUT2D eigenvalue weighted by molar-refractivity contribution is -0.128. The Bertz CT molecular complexity index is 590. The van der Waals surface area contributed by atoms with E-state index in [4.69, 9.17) is 4.42 Å². The van der Waals surface area contributed by atoms with Gasteiger partial charge in [-0.25, -0.2) is 4.99 Å². The summed E-state index contributed by atoms with van der Waals surface area (Å²) in [6, 6.07) is 4.17. The molecule has 7 nitrogen and oxygen atoms in total. The maximum absolute atomic E-state index is 12.3. The van der Waals surface area contributed by atoms with E-state index in [0.29, 0.717) is 12.5 Å². The molecular formula is C20H33N5O2. The molecule has 0 bridgehead atoms. The van der Waals surface area contributed by atoms with Crippen LogP contribution in [0.3, 0.4) is 0 Å². The number of nitrogens with one attached hydrogen (secondary N) is 2. The van der Waals surface area contributed by atoms with Gasteiger partial charge in [0.2, 0.25) is 5.91 Å². The first kappa shape index (κ1) is 19.7. The predicted octanol–water partition coefficient (Wildman–Crippen LogP) is 1.98. The summed E-state index contributed by atoms with van der Waals surface area (Å²) in [4.78, 5) is 21.2. The Kier molecular flexibility index (Phi) is 7.56. The van der Waals surface area contributed by atoms with Crippen LogP contribution in [0.5, 0.6) is 0 Å². The average Bonchev–Trinajstić information content (AvgIpc) is 3.41. The van der Waals surface area contributed by atoms with Gasteiger partial charge in [-0.2, -0.15) is 0 Å². The summed E-state index contributed by atoms with van der Waals surface area (Å²) in [5.74, 6) is 1.79. The quantitative estimate of drug-likeness (QED) is 0.563. The molecule has 0 spiro atoms. The first-order valence-electron chi connectivity index (χ1n) is 10.4. The Morgan fingerprint density at radius 2 is 1.89 bits per heavy atom. The van der Waals surface area contributed by atoms with E-state index >= 15 is 0 Å². The summed E-state index contributed by atoms with van der Waals surface area (Å²) in [6.45, 7) is 7.62. The molecule has 2 aliphatic heterocycles. The Hall–Kier alpha value is -2.02. The van der Waals surface area contributed by atoms with E-state index < -0.39 is 0 Å². The van der Waals surface area contributed by atoms with Crippen LogP contribution in [0.25, 0.3) is 0 Å². The van der Waals surface area contributed by atoms with Gasteiger partial charge in [0.05, 0.1) is 12.3 Å². The predicted molar refractivity (Wildman–Crippen MR) is 107 cm³/mol. The number of amides is 1. The van der Waals surface area contributed by atoms with Gasteiger partial charge in [0, 0.05) is 26.2 Å². The van der Waals surface area contributed by atoms with Gasteiger partial charge in [-0.05, 0) is 57.8 Å². The molecule has 0 aromatic carbocycles. The molecule has 1 aromatic rings. The largest absolute Gasteiger partial charge is 0.468 e. The zero-order chi connectivity index (χ0) is 18.9. The fourth-order valence-electron chi connectivity index (χ4n) is 3.87. The monoisotopic (exact) mass is 375 g/mol. The second-order valence-corrected chi connectivity index (χ2v) is 7.29. The van der Waals surface area contributed by atoms with E-state index in [1.54, 1.807) is 6.26 Å². The molecule has 2 aliphatic rings. The third-order valence-electron chi connectivity index (χ3n) is 5.34. The van der Waals surface area contributed by atoms with E-state index in [1.165, 1.54) is 19.3 Å². The van der Waals surface area contributed by atoms with Crippen molar-refractivity contribution >= 4 is 11.9 Å². The van der Waals surface area contributed by atoms with E-state index in [2.05, 4.69) is 20.5 Å². The normalized spacial score (nSPS) is 19.9. The maximum atomic E-state index is 12.3. The number of piperidine rings is 1. The van der Waals surface area contributed by atoms with Gasteiger partial charge in [-0.15, -0.1) is 0 Å². The summed E-state index contributed by atoms with van der Waals surface area (Å²) in [5.41, 5.74) is 0. The fourth-order valence-corrected chi connectivity index (χ4v) is 3.87. The number of nitrogens with zero attached hydrogens (tertiary/aromatic N) is 3. The molecule has 0 radical (unpaired) electrons. The number of hydrogen-bond donors (Lipinski definition) is 2. The zero-order valence-electron chi connectivity index (χ0n) is 16.5. The molecule has 0 saturated carbocycles. The molecule has 3 heterocycles. The van der Waals surface area contributed by atoms with Gasteiger partial charge in [-0.1, -0.05) is 6.42 Å². The van der Waals surface area contributed by atoms with Gasteiger partial charge in [0.15, 0.2) is 5.96 Å². The van der Waals surface area contributed by atoms with Crippen molar-refractivity contribution in [2.45, 2.75) is 45.1 Å². The maximum Gasteiger partial charge on any atom is 0.244 e. The highest BCUT2D eigenvalue weighted by molar-refractivity contribution is 5.85. The molecule has 1 atom stereocenters. The van der Waals surface area contributed by atoms with Crippen LogP contribution in [0.15, 0.2) is 27.8 Å². The molecular weight excluding hydrogens is 342 g/mol. The second kappa shape index (κ2) is 10.3. The highest BCUT2D eigenvalue weighted by Gasteiger charge is 2.24. The van der Waals surface area contributed by atoms with Crippen LogP contribution < -0.4 is 10.6 Å². The first-order valence-corrected chi connectivity index (χ1v) is 10.4. The number of carbonyl (C=O) groups is 1. The van der Waals surface area contributed by atoms with Crippen molar-refractivity contribution in [3.63, 3.8) is 0 Å². The van der Waals surface area contributed by atoms with Crippen LogP contribution in [-0.4, -0.2) is 67.5 Å². The average molecular weight is 376 g/mol. The summed E-state index contributed by atoms with van der Waals surface area (Å²) in [6.07, 6.45) is 7.71. The Labute approximate surface area is 162 Å². The lowest BCUT2D eigenvalue weighted by Gasteiger charge is -2.33. The molecule has 150 valence electrons. The van der Waals surface area contributed by atoms with E-state index in [0.717, 1.165) is 51.3 Å². The van der Waals surface area contributed by atoms with E-state index in [-0.39, 0.29) is 18.5 Å². The lowest BCUT2D eigenvalue weighted by Crippen LogP contribution is -2.44. The third-order valence-corrected chi connectivity index (χ3v) is 5.34. The summed E-state index contributed by atoms with van der Waals surface area (Å²) in [7, 11) is 0. The third kappa shape index (κ3) is 5.73. The molecule has 7 heteroatoms. The Morgan fingerprint density at radius 3 is 2.56 bits per heavy atom. The molecule has 1 unspecified atom stereocenters. The summed E-state index contributed by atoms with van der Waals surface area (Å²) in [5, 5.41) is 6.67. The number of guanidine groups is 1. The minimum absolute atomic E-state index is 0.114. The molecule has 3 rings (SSSR count). The van der Waals surface area contributed by atoms with Crippen LogP contribution in [-0.2, 0) is 4.79 Å². The molecule has 2 N–H and O–H groups in total. The van der Waals surface area contributed by atoms with Crippen molar-refractivity contribution in [1.82, 2.24) is 20.4 Å². The molecule has 2 fully saturated rings. The smallest absolute Gasteiger partial charge is 0.244 e. The number of likely N-dealkylation sites (tertiary alicyclic amines) is 2. The van der Waals surface area contributed by atoms with Crippen molar-refractivity contribution in [3.8, 4) is 0 Å². The fraction of sp³-hybridized carbons (Fsp3) is 0.700.